The van der Waals surface area contributed by atoms with Crippen LogP contribution in [0, 0.1) is 0 Å². The summed E-state index contributed by atoms with van der Waals surface area (Å²) in [7, 11) is 0. The molecule has 1 aromatic heterocycles. The third-order valence-corrected chi connectivity index (χ3v) is 3.35. The van der Waals surface area contributed by atoms with Crippen LogP contribution in [0.15, 0.2) is 66.2 Å². The highest BCUT2D eigenvalue weighted by Gasteiger charge is 2.12. The van der Waals surface area contributed by atoms with Gasteiger partial charge in [-0.3, -0.25) is 0 Å². The van der Waals surface area contributed by atoms with Gasteiger partial charge in [0.15, 0.2) is 5.01 Å². The van der Waals surface area contributed by atoms with Gasteiger partial charge in [0.05, 0.1) is 0 Å². The molecule has 2 nitrogen and oxygen atoms in total. The van der Waals surface area contributed by atoms with Gasteiger partial charge in [-0.25, -0.2) is 0 Å². The third-order valence-electron chi connectivity index (χ3n) is 2.50. The summed E-state index contributed by atoms with van der Waals surface area (Å²) in [6.07, 6.45) is 0. The van der Waals surface area contributed by atoms with Crippen molar-refractivity contribution in [2.75, 3.05) is 0 Å². The van der Waals surface area contributed by atoms with Gasteiger partial charge in [-0.2, -0.15) is 0 Å². The summed E-state index contributed by atoms with van der Waals surface area (Å²) >= 11 is 1.65. The summed E-state index contributed by atoms with van der Waals surface area (Å²) in [5.74, 6) is 0. The molecule has 0 aliphatic rings. The molecule has 0 amide bonds. The Hall–Kier alpha value is -1.71. The fourth-order valence-corrected chi connectivity index (χ4v) is 2.43. The highest BCUT2D eigenvalue weighted by molar-refractivity contribution is 7.12. The SMILES string of the molecule is [Cl-].c1ccc(-c2n[n+](-c3ccccc3)cs2)cc1. The number of aromatic nitrogens is 2. The van der Waals surface area contributed by atoms with E-state index in [0.717, 1.165) is 16.3 Å². The van der Waals surface area contributed by atoms with E-state index in [0.29, 0.717) is 0 Å². The molecule has 0 bridgehead atoms. The van der Waals surface area contributed by atoms with Gasteiger partial charge in [-0.1, -0.05) is 48.5 Å². The maximum absolute atomic E-state index is 4.59. The zero-order valence-corrected chi connectivity index (χ0v) is 11.1. The van der Waals surface area contributed by atoms with Gasteiger partial charge in [0.2, 0.25) is 5.69 Å². The molecule has 0 atom stereocenters. The molecule has 1 heterocycles. The fourth-order valence-electron chi connectivity index (χ4n) is 1.65. The molecule has 0 spiro atoms. The molecule has 0 N–H and O–H groups in total. The molecule has 0 aliphatic heterocycles. The summed E-state index contributed by atoms with van der Waals surface area (Å²) in [5.41, 5.74) is 4.27. The lowest BCUT2D eigenvalue weighted by atomic mass is 10.2. The normalized spacial score (nSPS) is 9.78. The van der Waals surface area contributed by atoms with Crippen LogP contribution in [0.25, 0.3) is 16.3 Å². The van der Waals surface area contributed by atoms with Crippen molar-refractivity contribution in [2.24, 2.45) is 0 Å². The number of nitrogens with zero attached hydrogens (tertiary/aromatic N) is 2. The largest absolute Gasteiger partial charge is 1.00 e. The van der Waals surface area contributed by atoms with Crippen molar-refractivity contribution in [2.45, 2.75) is 0 Å². The molecule has 0 radical (unpaired) electrons. The molecular weight excluding hydrogens is 264 g/mol. The molecule has 18 heavy (non-hydrogen) atoms. The van der Waals surface area contributed by atoms with Crippen LogP contribution in [-0.2, 0) is 0 Å². The first-order valence-corrected chi connectivity index (χ1v) is 6.30. The van der Waals surface area contributed by atoms with Crippen molar-refractivity contribution in [3.05, 3.63) is 66.2 Å². The van der Waals surface area contributed by atoms with E-state index in [1.165, 1.54) is 0 Å². The van der Waals surface area contributed by atoms with Crippen LogP contribution in [0.5, 0.6) is 0 Å². The number of rotatable bonds is 2. The summed E-state index contributed by atoms with van der Waals surface area (Å²) in [6, 6.07) is 20.4. The number of halogens is 1. The van der Waals surface area contributed by atoms with Crippen LogP contribution in [0.2, 0.25) is 0 Å². The second-order valence-electron chi connectivity index (χ2n) is 3.67. The quantitative estimate of drug-likeness (QED) is 0.606. The predicted octanol–water partition coefficient (Wildman–Crippen LogP) is 0.0908. The Morgan fingerprint density at radius 3 is 2.11 bits per heavy atom. The first-order chi connectivity index (χ1) is 8.43. The van der Waals surface area contributed by atoms with Crippen LogP contribution in [-0.4, -0.2) is 5.10 Å². The second-order valence-corrected chi connectivity index (χ2v) is 4.51. The van der Waals surface area contributed by atoms with E-state index >= 15 is 0 Å². The van der Waals surface area contributed by atoms with Crippen molar-refractivity contribution in [3.8, 4) is 16.3 Å². The minimum atomic E-state index is 0. The van der Waals surface area contributed by atoms with E-state index in [4.69, 9.17) is 0 Å². The van der Waals surface area contributed by atoms with Gasteiger partial charge in [0.1, 0.15) is 0 Å². The smallest absolute Gasteiger partial charge is 0.260 e. The average molecular weight is 275 g/mol. The molecule has 2 aromatic carbocycles. The lowest BCUT2D eigenvalue weighted by Crippen LogP contribution is -3.00. The molecular formula is C14H11ClN2S. The number of hydrogen-bond donors (Lipinski definition) is 0. The lowest BCUT2D eigenvalue weighted by Gasteiger charge is -1.90. The van der Waals surface area contributed by atoms with Crippen molar-refractivity contribution in [1.29, 1.82) is 0 Å². The van der Waals surface area contributed by atoms with E-state index in [-0.39, 0.29) is 12.4 Å². The molecule has 0 saturated heterocycles. The predicted molar refractivity (Wildman–Crippen MR) is 69.1 cm³/mol. The first kappa shape index (κ1) is 12.7. The second kappa shape index (κ2) is 5.76. The Balaban J connectivity index is 0.00000120. The summed E-state index contributed by atoms with van der Waals surface area (Å²) in [4.78, 5) is 0. The summed E-state index contributed by atoms with van der Waals surface area (Å²) < 4.78 is 1.91. The van der Waals surface area contributed by atoms with E-state index in [1.807, 2.05) is 46.6 Å². The number of hydrogen-bond acceptors (Lipinski definition) is 2. The van der Waals surface area contributed by atoms with Gasteiger partial charge >= 0.3 is 0 Å². The molecule has 0 saturated carbocycles. The monoisotopic (exact) mass is 274 g/mol. The Morgan fingerprint density at radius 2 is 1.44 bits per heavy atom. The number of para-hydroxylation sites is 1. The van der Waals surface area contributed by atoms with Crippen LogP contribution in [0.3, 0.4) is 0 Å². The van der Waals surface area contributed by atoms with Gasteiger partial charge in [-0.15, -0.1) is 0 Å². The maximum Gasteiger partial charge on any atom is 0.260 e. The van der Waals surface area contributed by atoms with Gasteiger partial charge in [0, 0.05) is 22.8 Å². The maximum atomic E-state index is 4.59. The van der Waals surface area contributed by atoms with Gasteiger partial charge in [-0.05, 0) is 16.0 Å². The Labute approximate surface area is 116 Å². The Kier molecular flexibility index (Phi) is 4.07. The minimum Gasteiger partial charge on any atom is -1.00 e. The summed E-state index contributed by atoms with van der Waals surface area (Å²) in [5, 5.41) is 5.62. The average Bonchev–Trinajstić information content (AvgIpc) is 2.90. The summed E-state index contributed by atoms with van der Waals surface area (Å²) in [6.45, 7) is 0. The van der Waals surface area contributed by atoms with Gasteiger partial charge in [0.25, 0.3) is 5.51 Å². The molecule has 3 aromatic rings. The highest BCUT2D eigenvalue weighted by Crippen LogP contribution is 2.19. The van der Waals surface area contributed by atoms with Gasteiger partial charge < -0.3 is 12.4 Å². The third kappa shape index (κ3) is 2.58. The number of benzene rings is 2. The van der Waals surface area contributed by atoms with E-state index in [1.54, 1.807) is 11.3 Å². The van der Waals surface area contributed by atoms with E-state index in [9.17, 15) is 0 Å². The zero-order valence-electron chi connectivity index (χ0n) is 9.53. The fraction of sp³-hybridized carbons (Fsp3) is 0. The van der Waals surface area contributed by atoms with Crippen molar-refractivity contribution >= 4 is 11.3 Å². The Morgan fingerprint density at radius 1 is 0.833 bits per heavy atom. The molecule has 3 rings (SSSR count). The van der Waals surface area contributed by atoms with Crippen molar-refractivity contribution in [1.82, 2.24) is 5.10 Å². The molecule has 0 aliphatic carbocycles. The van der Waals surface area contributed by atoms with Crippen molar-refractivity contribution in [3.63, 3.8) is 0 Å². The molecule has 0 fully saturated rings. The van der Waals surface area contributed by atoms with Crippen LogP contribution in [0.1, 0.15) is 0 Å². The topological polar surface area (TPSA) is 16.8 Å². The standard InChI is InChI=1S/C14H11N2S.ClH/c1-3-7-12(8-4-1)14-15-16(11-17-14)13-9-5-2-6-10-13;/h1-11H;1H/q+1;/p-1. The molecule has 4 heteroatoms. The lowest BCUT2D eigenvalue weighted by molar-refractivity contribution is -0.653. The molecule has 0 unspecified atom stereocenters. The molecule has 90 valence electrons. The highest BCUT2D eigenvalue weighted by atomic mass is 35.5. The van der Waals surface area contributed by atoms with Crippen molar-refractivity contribution < 1.29 is 17.1 Å². The van der Waals surface area contributed by atoms with Crippen LogP contribution < -0.4 is 17.1 Å². The Bertz CT molecular complexity index is 554. The van der Waals surface area contributed by atoms with Crippen LogP contribution >= 0.6 is 11.3 Å². The van der Waals surface area contributed by atoms with E-state index in [2.05, 4.69) is 29.4 Å². The first-order valence-electron chi connectivity index (χ1n) is 5.42. The zero-order chi connectivity index (χ0) is 11.5. The van der Waals surface area contributed by atoms with Crippen LogP contribution in [0.4, 0.5) is 0 Å². The minimum absolute atomic E-state index is 0. The van der Waals surface area contributed by atoms with E-state index < -0.39 is 0 Å².